The van der Waals surface area contributed by atoms with Crippen LogP contribution in [0.15, 0.2) is 0 Å². The first-order valence-electron chi connectivity index (χ1n) is 5.05. The van der Waals surface area contributed by atoms with Crippen molar-refractivity contribution in [2.24, 2.45) is 0 Å². The highest BCUT2D eigenvalue weighted by atomic mass is 16.2. The molecule has 1 aliphatic rings. The molecule has 0 atom stereocenters. The molecule has 3 amide bonds. The van der Waals surface area contributed by atoms with E-state index in [2.05, 4.69) is 5.32 Å². The van der Waals surface area contributed by atoms with Crippen LogP contribution in [0.1, 0.15) is 13.8 Å². The van der Waals surface area contributed by atoms with E-state index in [4.69, 9.17) is 0 Å². The highest BCUT2D eigenvalue weighted by molar-refractivity contribution is 6.05. The monoisotopic (exact) mass is 227 g/mol. The van der Waals surface area contributed by atoms with E-state index in [0.29, 0.717) is 0 Å². The van der Waals surface area contributed by atoms with E-state index in [-0.39, 0.29) is 30.8 Å². The van der Waals surface area contributed by atoms with Crippen molar-refractivity contribution in [1.29, 1.82) is 0 Å². The Hall–Kier alpha value is -1.43. The van der Waals surface area contributed by atoms with Gasteiger partial charge in [0.05, 0.1) is 12.1 Å². The van der Waals surface area contributed by atoms with Gasteiger partial charge in [0.25, 0.3) is 0 Å². The van der Waals surface area contributed by atoms with Crippen LogP contribution >= 0.6 is 0 Å². The predicted octanol–water partition coefficient (Wildman–Crippen LogP) is -1.19. The number of hydrogen-bond donors (Lipinski definition) is 1. The number of hydrogen-bond acceptors (Lipinski definition) is 4. The molecule has 6 nitrogen and oxygen atoms in total. The Balaban J connectivity index is 2.81. The number of amides is 3. The van der Waals surface area contributed by atoms with Crippen LogP contribution < -0.4 is 5.32 Å². The first-order chi connectivity index (χ1) is 7.25. The summed E-state index contributed by atoms with van der Waals surface area (Å²) < 4.78 is 0. The fraction of sp³-hybridized carbons (Fsp3) is 0.700. The molecule has 1 saturated heterocycles. The third-order valence-corrected chi connectivity index (χ3v) is 2.55. The van der Waals surface area contributed by atoms with Crippen LogP contribution in [-0.4, -0.2) is 60.2 Å². The van der Waals surface area contributed by atoms with Gasteiger partial charge in [-0.25, -0.2) is 0 Å². The zero-order chi connectivity index (χ0) is 12.5. The van der Waals surface area contributed by atoms with Crippen LogP contribution in [0.25, 0.3) is 0 Å². The highest BCUT2D eigenvalue weighted by Gasteiger charge is 2.40. The fourth-order valence-electron chi connectivity index (χ4n) is 1.35. The number of nitrogens with zero attached hydrogens (tertiary/aromatic N) is 2. The average Bonchev–Trinajstić information content (AvgIpc) is 2.19. The molecule has 0 aromatic carbocycles. The Morgan fingerprint density at radius 3 is 2.50 bits per heavy atom. The van der Waals surface area contributed by atoms with Crippen LogP contribution in [0.2, 0.25) is 0 Å². The minimum absolute atomic E-state index is 0.0828. The number of rotatable bonds is 2. The molecule has 0 spiro atoms. The zero-order valence-corrected chi connectivity index (χ0v) is 10.0. The maximum Gasteiger partial charge on any atom is 0.249 e. The van der Waals surface area contributed by atoms with Gasteiger partial charge < -0.3 is 4.90 Å². The SMILES string of the molecule is CN(C)C(=O)CN1C(=O)CNC(C)(C)C1=O. The Kier molecular flexibility index (Phi) is 3.32. The number of nitrogens with one attached hydrogen (secondary N) is 1. The van der Waals surface area contributed by atoms with E-state index in [9.17, 15) is 14.4 Å². The second-order valence-corrected chi connectivity index (χ2v) is 4.55. The number of imide groups is 1. The molecule has 0 unspecified atom stereocenters. The molecular formula is C10H17N3O3. The van der Waals surface area contributed by atoms with Crippen LogP contribution in [0, 0.1) is 0 Å². The Morgan fingerprint density at radius 2 is 2.00 bits per heavy atom. The van der Waals surface area contributed by atoms with Gasteiger partial charge in [-0.05, 0) is 13.8 Å². The largest absolute Gasteiger partial charge is 0.347 e. The minimum Gasteiger partial charge on any atom is -0.347 e. The summed E-state index contributed by atoms with van der Waals surface area (Å²) in [6.45, 7) is 3.28. The lowest BCUT2D eigenvalue weighted by Gasteiger charge is -2.36. The predicted molar refractivity (Wildman–Crippen MR) is 57.5 cm³/mol. The van der Waals surface area contributed by atoms with Gasteiger partial charge in [-0.3, -0.25) is 24.6 Å². The molecule has 0 bridgehead atoms. The van der Waals surface area contributed by atoms with E-state index in [1.54, 1.807) is 27.9 Å². The average molecular weight is 227 g/mol. The van der Waals surface area contributed by atoms with E-state index < -0.39 is 5.54 Å². The molecule has 1 heterocycles. The molecule has 0 aromatic heterocycles. The molecule has 1 fully saturated rings. The van der Waals surface area contributed by atoms with Crippen molar-refractivity contribution >= 4 is 17.7 Å². The number of carbonyl (C=O) groups is 3. The van der Waals surface area contributed by atoms with Crippen molar-refractivity contribution in [2.45, 2.75) is 19.4 Å². The summed E-state index contributed by atoms with van der Waals surface area (Å²) in [6.07, 6.45) is 0. The van der Waals surface area contributed by atoms with Gasteiger partial charge >= 0.3 is 0 Å². The molecule has 90 valence electrons. The summed E-state index contributed by atoms with van der Waals surface area (Å²) in [6, 6.07) is 0. The summed E-state index contributed by atoms with van der Waals surface area (Å²) in [5, 5.41) is 2.82. The third-order valence-electron chi connectivity index (χ3n) is 2.55. The first-order valence-corrected chi connectivity index (χ1v) is 5.05. The molecule has 1 aliphatic heterocycles. The summed E-state index contributed by atoms with van der Waals surface area (Å²) in [5.41, 5.74) is -0.791. The first kappa shape index (κ1) is 12.6. The van der Waals surface area contributed by atoms with Gasteiger partial charge in [0, 0.05) is 14.1 Å². The molecule has 6 heteroatoms. The Labute approximate surface area is 94.6 Å². The van der Waals surface area contributed by atoms with E-state index in [0.717, 1.165) is 4.90 Å². The lowest BCUT2D eigenvalue weighted by Crippen LogP contribution is -2.64. The molecule has 1 N–H and O–H groups in total. The Morgan fingerprint density at radius 1 is 1.44 bits per heavy atom. The normalized spacial score (nSPS) is 19.9. The van der Waals surface area contributed by atoms with Crippen molar-refractivity contribution in [3.63, 3.8) is 0 Å². The molecule has 0 radical (unpaired) electrons. The molecule has 16 heavy (non-hydrogen) atoms. The van der Waals surface area contributed by atoms with Crippen LogP contribution in [0.5, 0.6) is 0 Å². The van der Waals surface area contributed by atoms with Gasteiger partial charge in [-0.2, -0.15) is 0 Å². The second-order valence-electron chi connectivity index (χ2n) is 4.55. The fourth-order valence-corrected chi connectivity index (χ4v) is 1.35. The van der Waals surface area contributed by atoms with Gasteiger partial charge in [-0.1, -0.05) is 0 Å². The van der Waals surface area contributed by atoms with Crippen LogP contribution in [0.3, 0.4) is 0 Å². The quantitative estimate of drug-likeness (QED) is 0.602. The van der Waals surface area contributed by atoms with Crippen LogP contribution in [0.4, 0.5) is 0 Å². The van der Waals surface area contributed by atoms with Gasteiger partial charge in [-0.15, -0.1) is 0 Å². The Bertz CT molecular complexity index is 336. The van der Waals surface area contributed by atoms with Crippen LogP contribution in [-0.2, 0) is 14.4 Å². The van der Waals surface area contributed by atoms with Crippen molar-refractivity contribution in [2.75, 3.05) is 27.2 Å². The van der Waals surface area contributed by atoms with Crippen molar-refractivity contribution < 1.29 is 14.4 Å². The summed E-state index contributed by atoms with van der Waals surface area (Å²) in [5.74, 6) is -0.988. The van der Waals surface area contributed by atoms with Gasteiger partial charge in [0.1, 0.15) is 6.54 Å². The van der Waals surface area contributed by atoms with E-state index >= 15 is 0 Å². The van der Waals surface area contributed by atoms with Crippen molar-refractivity contribution in [1.82, 2.24) is 15.1 Å². The topological polar surface area (TPSA) is 69.7 Å². The van der Waals surface area contributed by atoms with E-state index in [1.165, 1.54) is 4.90 Å². The van der Waals surface area contributed by atoms with Gasteiger partial charge in [0.2, 0.25) is 17.7 Å². The number of likely N-dealkylation sites (N-methyl/N-ethyl adjacent to an activating group) is 1. The standard InChI is InChI=1S/C10H17N3O3/c1-10(2)9(16)13(7(14)5-11-10)6-8(15)12(3)4/h11H,5-6H2,1-4H3. The molecule has 1 rings (SSSR count). The zero-order valence-electron chi connectivity index (χ0n) is 10.0. The molecule has 0 aromatic rings. The summed E-state index contributed by atoms with van der Waals surface area (Å²) in [7, 11) is 3.18. The maximum atomic E-state index is 11.9. The molecular weight excluding hydrogens is 210 g/mol. The number of carbonyl (C=O) groups excluding carboxylic acids is 3. The highest BCUT2D eigenvalue weighted by Crippen LogP contribution is 2.13. The van der Waals surface area contributed by atoms with E-state index in [1.807, 2.05) is 0 Å². The molecule has 0 saturated carbocycles. The van der Waals surface area contributed by atoms with Crippen molar-refractivity contribution in [3.8, 4) is 0 Å². The summed E-state index contributed by atoms with van der Waals surface area (Å²) >= 11 is 0. The smallest absolute Gasteiger partial charge is 0.249 e. The summed E-state index contributed by atoms with van der Waals surface area (Å²) in [4.78, 5) is 37.3. The van der Waals surface area contributed by atoms with Crippen molar-refractivity contribution in [3.05, 3.63) is 0 Å². The number of piperazine rings is 1. The maximum absolute atomic E-state index is 11.9. The lowest BCUT2D eigenvalue weighted by atomic mass is 10.0. The molecule has 0 aliphatic carbocycles. The minimum atomic E-state index is -0.791. The third kappa shape index (κ3) is 2.38. The van der Waals surface area contributed by atoms with Gasteiger partial charge in [0.15, 0.2) is 0 Å². The second kappa shape index (κ2) is 4.21. The lowest BCUT2D eigenvalue weighted by molar-refractivity contribution is -0.156.